The summed E-state index contributed by atoms with van der Waals surface area (Å²) < 4.78 is 13.1. The number of nitrogens with one attached hydrogen (secondary N) is 2. The van der Waals surface area contributed by atoms with Crippen LogP contribution in [0.3, 0.4) is 0 Å². The molecule has 32 heavy (non-hydrogen) atoms. The minimum atomic E-state index is -0.267. The number of carbonyl (C=O) groups excluding carboxylic acids is 2. The molecule has 3 aromatic rings. The summed E-state index contributed by atoms with van der Waals surface area (Å²) in [5, 5.41) is 8.52. The van der Waals surface area contributed by atoms with Crippen LogP contribution < -0.4 is 10.6 Å². The number of hydrogen-bond donors (Lipinski definition) is 2. The SMILES string of the molecule is O=C(Cc1csc(Cc2ccc(F)cc2)n1)Nc1ccccc1NC(=O)CC1C=CCC1. The molecule has 0 aliphatic heterocycles. The van der Waals surface area contributed by atoms with E-state index in [-0.39, 0.29) is 30.0 Å². The second kappa shape index (κ2) is 10.3. The van der Waals surface area contributed by atoms with Gasteiger partial charge >= 0.3 is 0 Å². The van der Waals surface area contributed by atoms with E-state index >= 15 is 0 Å². The summed E-state index contributed by atoms with van der Waals surface area (Å²) in [6.45, 7) is 0. The molecule has 1 aliphatic carbocycles. The van der Waals surface area contributed by atoms with E-state index in [4.69, 9.17) is 0 Å². The summed E-state index contributed by atoms with van der Waals surface area (Å²) in [5.74, 6) is -0.250. The molecule has 164 valence electrons. The quantitative estimate of drug-likeness (QED) is 0.456. The van der Waals surface area contributed by atoms with Crippen LogP contribution in [0.15, 0.2) is 66.1 Å². The third-order valence-corrected chi connectivity index (χ3v) is 6.14. The number of rotatable bonds is 8. The first-order chi connectivity index (χ1) is 15.5. The highest BCUT2D eigenvalue weighted by atomic mass is 32.1. The minimum absolute atomic E-state index is 0.0619. The fraction of sp³-hybridized carbons (Fsp3) is 0.240. The lowest BCUT2D eigenvalue weighted by molar-refractivity contribution is -0.117. The van der Waals surface area contributed by atoms with Crippen molar-refractivity contribution in [1.82, 2.24) is 4.98 Å². The van der Waals surface area contributed by atoms with Crippen LogP contribution in [0, 0.1) is 11.7 Å². The fourth-order valence-corrected chi connectivity index (χ4v) is 4.48. The van der Waals surface area contributed by atoms with E-state index in [0.717, 1.165) is 23.4 Å². The third kappa shape index (κ3) is 6.11. The molecule has 0 bridgehead atoms. The molecule has 0 saturated carbocycles. The second-order valence-electron chi connectivity index (χ2n) is 7.82. The van der Waals surface area contributed by atoms with Gasteiger partial charge in [-0.25, -0.2) is 9.37 Å². The van der Waals surface area contributed by atoms with Crippen LogP contribution in [0.5, 0.6) is 0 Å². The lowest BCUT2D eigenvalue weighted by Gasteiger charge is -2.13. The van der Waals surface area contributed by atoms with Crippen molar-refractivity contribution in [2.45, 2.75) is 32.1 Å². The number of hydrogen-bond acceptors (Lipinski definition) is 4. The van der Waals surface area contributed by atoms with Gasteiger partial charge in [-0.05, 0) is 48.6 Å². The van der Waals surface area contributed by atoms with Gasteiger partial charge in [0, 0.05) is 18.2 Å². The zero-order chi connectivity index (χ0) is 22.3. The van der Waals surface area contributed by atoms with Crippen molar-refractivity contribution in [3.8, 4) is 0 Å². The van der Waals surface area contributed by atoms with Crippen molar-refractivity contribution in [1.29, 1.82) is 0 Å². The van der Waals surface area contributed by atoms with Gasteiger partial charge in [0.2, 0.25) is 11.8 Å². The molecule has 4 rings (SSSR count). The van der Waals surface area contributed by atoms with Crippen LogP contribution in [-0.2, 0) is 22.4 Å². The molecule has 7 heteroatoms. The van der Waals surface area contributed by atoms with E-state index in [1.807, 2.05) is 17.5 Å². The Morgan fingerprint density at radius 3 is 2.44 bits per heavy atom. The van der Waals surface area contributed by atoms with Crippen LogP contribution in [-0.4, -0.2) is 16.8 Å². The summed E-state index contributed by atoms with van der Waals surface area (Å²) >= 11 is 1.48. The van der Waals surface area contributed by atoms with Crippen molar-refractivity contribution in [3.63, 3.8) is 0 Å². The number of aromatic nitrogens is 1. The van der Waals surface area contributed by atoms with E-state index in [0.29, 0.717) is 29.9 Å². The van der Waals surface area contributed by atoms with Crippen molar-refractivity contribution < 1.29 is 14.0 Å². The Bertz CT molecular complexity index is 1120. The van der Waals surface area contributed by atoms with Crippen LogP contribution in [0.1, 0.15) is 35.5 Å². The van der Waals surface area contributed by atoms with E-state index < -0.39 is 0 Å². The average Bonchev–Trinajstić information content (AvgIpc) is 3.43. The molecule has 1 aliphatic rings. The van der Waals surface area contributed by atoms with Gasteiger partial charge < -0.3 is 10.6 Å². The van der Waals surface area contributed by atoms with Gasteiger partial charge in [0.15, 0.2) is 0 Å². The van der Waals surface area contributed by atoms with Crippen LogP contribution in [0.25, 0.3) is 0 Å². The van der Waals surface area contributed by atoms with E-state index in [9.17, 15) is 14.0 Å². The summed E-state index contributed by atoms with van der Waals surface area (Å²) in [7, 11) is 0. The molecule has 5 nitrogen and oxygen atoms in total. The van der Waals surface area contributed by atoms with Gasteiger partial charge in [0.25, 0.3) is 0 Å². The Hall–Kier alpha value is -3.32. The Kier molecular flexibility index (Phi) is 7.07. The molecule has 0 saturated heterocycles. The molecule has 0 fully saturated rings. The fourth-order valence-electron chi connectivity index (χ4n) is 3.65. The maximum Gasteiger partial charge on any atom is 0.230 e. The Labute approximate surface area is 190 Å². The van der Waals surface area contributed by atoms with Crippen molar-refractivity contribution >= 4 is 34.5 Å². The number of benzene rings is 2. The molecule has 2 N–H and O–H groups in total. The lowest BCUT2D eigenvalue weighted by Crippen LogP contribution is -2.19. The van der Waals surface area contributed by atoms with Crippen molar-refractivity contribution in [2.75, 3.05) is 10.6 Å². The molecular formula is C25H24FN3O2S. The number of amides is 2. The Morgan fingerprint density at radius 2 is 1.75 bits per heavy atom. The molecule has 2 amide bonds. The topological polar surface area (TPSA) is 71.1 Å². The number of anilines is 2. The number of carbonyl (C=O) groups is 2. The first-order valence-corrected chi connectivity index (χ1v) is 11.5. The van der Waals surface area contributed by atoms with E-state index in [1.54, 1.807) is 24.3 Å². The number of halogens is 1. The maximum absolute atomic E-state index is 13.1. The van der Waals surface area contributed by atoms with E-state index in [1.165, 1.54) is 23.5 Å². The summed E-state index contributed by atoms with van der Waals surface area (Å²) in [4.78, 5) is 29.5. The molecule has 0 radical (unpaired) electrons. The summed E-state index contributed by atoms with van der Waals surface area (Å²) in [5.41, 5.74) is 2.80. The van der Waals surface area contributed by atoms with Crippen LogP contribution in [0.4, 0.5) is 15.8 Å². The largest absolute Gasteiger partial charge is 0.324 e. The van der Waals surface area contributed by atoms with Crippen LogP contribution >= 0.6 is 11.3 Å². The molecular weight excluding hydrogens is 425 g/mol. The van der Waals surface area contributed by atoms with Crippen molar-refractivity contribution in [3.05, 3.63) is 88.1 Å². The summed E-state index contributed by atoms with van der Waals surface area (Å²) in [6.07, 6.45) is 7.39. The average molecular weight is 450 g/mol. The predicted molar refractivity (Wildman–Crippen MR) is 125 cm³/mol. The number of thiazole rings is 1. The zero-order valence-electron chi connectivity index (χ0n) is 17.5. The normalized spacial score (nSPS) is 15.0. The van der Waals surface area contributed by atoms with Crippen molar-refractivity contribution in [2.24, 2.45) is 5.92 Å². The van der Waals surface area contributed by atoms with E-state index in [2.05, 4.69) is 27.8 Å². The maximum atomic E-state index is 13.1. The molecule has 1 aromatic heterocycles. The lowest BCUT2D eigenvalue weighted by atomic mass is 10.0. The number of nitrogens with zero attached hydrogens (tertiary/aromatic N) is 1. The van der Waals surface area contributed by atoms with Gasteiger partial charge in [-0.15, -0.1) is 11.3 Å². The number of allylic oxidation sites excluding steroid dienone is 2. The molecule has 1 heterocycles. The molecule has 1 unspecified atom stereocenters. The highest BCUT2D eigenvalue weighted by Crippen LogP contribution is 2.25. The first-order valence-electron chi connectivity index (χ1n) is 10.6. The second-order valence-corrected chi connectivity index (χ2v) is 8.77. The third-order valence-electron chi connectivity index (χ3n) is 5.24. The predicted octanol–water partition coefficient (Wildman–Crippen LogP) is 5.35. The Morgan fingerprint density at radius 1 is 1.03 bits per heavy atom. The van der Waals surface area contributed by atoms with Crippen LogP contribution in [0.2, 0.25) is 0 Å². The monoisotopic (exact) mass is 449 g/mol. The van der Waals surface area contributed by atoms with Gasteiger partial charge in [-0.1, -0.05) is 36.4 Å². The smallest absolute Gasteiger partial charge is 0.230 e. The molecule has 0 spiro atoms. The Balaban J connectivity index is 1.33. The zero-order valence-corrected chi connectivity index (χ0v) is 18.3. The minimum Gasteiger partial charge on any atom is -0.324 e. The molecule has 1 atom stereocenters. The molecule has 2 aromatic carbocycles. The van der Waals surface area contributed by atoms with Gasteiger partial charge in [-0.2, -0.15) is 0 Å². The van der Waals surface area contributed by atoms with Gasteiger partial charge in [0.05, 0.1) is 28.5 Å². The highest BCUT2D eigenvalue weighted by Gasteiger charge is 2.16. The first kappa shape index (κ1) is 21.9. The standard InChI is InChI=1S/C25H24FN3O2S/c26-19-11-9-18(10-12-19)14-25-27-20(16-32-25)15-24(31)29-22-8-4-3-7-21(22)28-23(30)13-17-5-1-2-6-17/h1,3-5,7-12,16-17H,2,6,13-15H2,(H,28,30)(H,29,31). The highest BCUT2D eigenvalue weighted by molar-refractivity contribution is 7.09. The van der Waals surface area contributed by atoms with Gasteiger partial charge in [-0.3, -0.25) is 9.59 Å². The van der Waals surface area contributed by atoms with Gasteiger partial charge in [0.1, 0.15) is 5.82 Å². The summed E-state index contributed by atoms with van der Waals surface area (Å²) in [6, 6.07) is 13.5. The number of para-hydroxylation sites is 2.